The predicted molar refractivity (Wildman–Crippen MR) is 83.3 cm³/mol. The van der Waals surface area contributed by atoms with Crippen molar-refractivity contribution in [2.75, 3.05) is 6.54 Å². The van der Waals surface area contributed by atoms with Gasteiger partial charge in [0.2, 0.25) is 0 Å². The Labute approximate surface area is 126 Å². The number of nitrogens with one attached hydrogen (secondary N) is 2. The lowest BCUT2D eigenvalue weighted by Gasteiger charge is -2.17. The zero-order valence-electron chi connectivity index (χ0n) is 13.0. The van der Waals surface area contributed by atoms with Gasteiger partial charge in [-0.2, -0.15) is 0 Å². The average molecular weight is 294 g/mol. The molecule has 0 heterocycles. The van der Waals surface area contributed by atoms with Crippen molar-refractivity contribution in [3.8, 4) is 5.75 Å². The van der Waals surface area contributed by atoms with Crippen LogP contribution in [-0.2, 0) is 6.42 Å². The number of hydrogen-bond acceptors (Lipinski definition) is 3. The van der Waals surface area contributed by atoms with Crippen molar-refractivity contribution in [3.05, 3.63) is 29.8 Å². The Kier molecular flexibility index (Phi) is 7.02. The van der Waals surface area contributed by atoms with Gasteiger partial charge in [0.15, 0.2) is 0 Å². The first-order chi connectivity index (χ1) is 9.86. The lowest BCUT2D eigenvalue weighted by molar-refractivity contribution is 0.146. The molecule has 0 fully saturated rings. The van der Waals surface area contributed by atoms with Gasteiger partial charge in [-0.15, -0.1) is 0 Å². The predicted octanol–water partition coefficient (Wildman–Crippen LogP) is 2.03. The lowest BCUT2D eigenvalue weighted by Crippen LogP contribution is -2.44. The van der Waals surface area contributed by atoms with Crippen LogP contribution in [0.4, 0.5) is 4.79 Å². The van der Waals surface area contributed by atoms with Crippen molar-refractivity contribution in [2.45, 2.75) is 45.8 Å². The first-order valence-corrected chi connectivity index (χ1v) is 7.37. The molecule has 0 aliphatic carbocycles. The molecule has 0 saturated carbocycles. The fraction of sp³-hybridized carbons (Fsp3) is 0.562. The molecule has 0 spiro atoms. The highest BCUT2D eigenvalue weighted by atomic mass is 16.3. The summed E-state index contributed by atoms with van der Waals surface area (Å²) in [6.45, 7) is 6.24. The van der Waals surface area contributed by atoms with E-state index >= 15 is 0 Å². The first-order valence-electron chi connectivity index (χ1n) is 7.37. The number of phenols is 1. The Morgan fingerprint density at radius 3 is 2.38 bits per heavy atom. The molecule has 0 saturated heterocycles. The monoisotopic (exact) mass is 294 g/mol. The summed E-state index contributed by atoms with van der Waals surface area (Å²) < 4.78 is 0. The normalized spacial score (nSPS) is 13.8. The zero-order chi connectivity index (χ0) is 15.8. The smallest absolute Gasteiger partial charge is 0.315 e. The summed E-state index contributed by atoms with van der Waals surface area (Å²) in [5.74, 6) is 0.634. The molecule has 1 rings (SSSR count). The Bertz CT molecular complexity index is 432. The van der Waals surface area contributed by atoms with Crippen molar-refractivity contribution in [3.63, 3.8) is 0 Å². The molecule has 2 unspecified atom stereocenters. The molecule has 4 N–H and O–H groups in total. The molecular weight excluding hydrogens is 268 g/mol. The number of hydrogen-bond donors (Lipinski definition) is 4. The van der Waals surface area contributed by atoms with Crippen LogP contribution in [0.15, 0.2) is 24.3 Å². The van der Waals surface area contributed by atoms with Gasteiger partial charge < -0.3 is 20.8 Å². The molecule has 118 valence electrons. The second-order valence-electron chi connectivity index (χ2n) is 5.91. The van der Waals surface area contributed by atoms with E-state index in [1.807, 2.05) is 32.9 Å². The number of phenolic OH excluding ortho intramolecular Hbond substituents is 1. The van der Waals surface area contributed by atoms with Gasteiger partial charge >= 0.3 is 6.03 Å². The molecule has 0 radical (unpaired) electrons. The van der Waals surface area contributed by atoms with E-state index in [0.717, 1.165) is 5.56 Å². The summed E-state index contributed by atoms with van der Waals surface area (Å²) in [4.78, 5) is 11.7. The molecule has 0 aliphatic heterocycles. The van der Waals surface area contributed by atoms with Gasteiger partial charge in [0.25, 0.3) is 0 Å². The van der Waals surface area contributed by atoms with Crippen molar-refractivity contribution >= 4 is 6.03 Å². The molecule has 2 amide bonds. The SMILES string of the molecule is CC(C)CC(O)CNC(=O)NC(C)Cc1ccc(O)cc1. The van der Waals surface area contributed by atoms with Gasteiger partial charge in [-0.05, 0) is 43.4 Å². The highest BCUT2D eigenvalue weighted by molar-refractivity contribution is 5.74. The third-order valence-corrected chi connectivity index (χ3v) is 3.10. The molecule has 2 atom stereocenters. The highest BCUT2D eigenvalue weighted by Crippen LogP contribution is 2.11. The second-order valence-corrected chi connectivity index (χ2v) is 5.91. The Hall–Kier alpha value is -1.75. The van der Waals surface area contributed by atoms with Crippen LogP contribution in [0.25, 0.3) is 0 Å². The number of aliphatic hydroxyl groups is 1. The van der Waals surface area contributed by atoms with Gasteiger partial charge in [0.05, 0.1) is 6.10 Å². The van der Waals surface area contributed by atoms with E-state index < -0.39 is 6.10 Å². The molecule has 1 aromatic carbocycles. The molecule has 5 nitrogen and oxygen atoms in total. The lowest BCUT2D eigenvalue weighted by atomic mass is 10.1. The van der Waals surface area contributed by atoms with E-state index in [2.05, 4.69) is 10.6 Å². The number of benzene rings is 1. The Balaban J connectivity index is 2.28. The van der Waals surface area contributed by atoms with Crippen LogP contribution in [0.3, 0.4) is 0 Å². The van der Waals surface area contributed by atoms with Gasteiger partial charge in [-0.25, -0.2) is 4.79 Å². The maximum absolute atomic E-state index is 11.7. The van der Waals surface area contributed by atoms with Crippen LogP contribution >= 0.6 is 0 Å². The maximum atomic E-state index is 11.7. The summed E-state index contributed by atoms with van der Waals surface area (Å²) in [6, 6.07) is 6.62. The minimum atomic E-state index is -0.511. The molecule has 0 aliphatic rings. The summed E-state index contributed by atoms with van der Waals surface area (Å²) in [5.41, 5.74) is 1.04. The molecule has 5 heteroatoms. The van der Waals surface area contributed by atoms with Crippen LogP contribution in [0.1, 0.15) is 32.8 Å². The number of aromatic hydroxyl groups is 1. The standard InChI is InChI=1S/C16H26N2O3/c1-11(2)8-15(20)10-17-16(21)18-12(3)9-13-4-6-14(19)7-5-13/h4-7,11-12,15,19-20H,8-10H2,1-3H3,(H2,17,18,21). The molecule has 0 aromatic heterocycles. The van der Waals surface area contributed by atoms with Gasteiger partial charge in [-0.1, -0.05) is 26.0 Å². The van der Waals surface area contributed by atoms with Crippen molar-refractivity contribution in [1.82, 2.24) is 10.6 Å². The molecule has 1 aromatic rings. The number of urea groups is 1. The van der Waals surface area contributed by atoms with Crippen LogP contribution in [0.5, 0.6) is 5.75 Å². The van der Waals surface area contributed by atoms with Crippen molar-refractivity contribution in [1.29, 1.82) is 0 Å². The van der Waals surface area contributed by atoms with Crippen LogP contribution in [-0.4, -0.2) is 34.9 Å². The molecule has 21 heavy (non-hydrogen) atoms. The Morgan fingerprint density at radius 2 is 1.81 bits per heavy atom. The van der Waals surface area contributed by atoms with Crippen LogP contribution < -0.4 is 10.6 Å². The third kappa shape index (κ3) is 7.56. The summed E-state index contributed by atoms with van der Waals surface area (Å²) in [6.07, 6.45) is 0.842. The van der Waals surface area contributed by atoms with Crippen LogP contribution in [0, 0.1) is 5.92 Å². The topological polar surface area (TPSA) is 81.6 Å². The first kappa shape index (κ1) is 17.3. The van der Waals surface area contributed by atoms with E-state index in [4.69, 9.17) is 0 Å². The number of aliphatic hydroxyl groups excluding tert-OH is 1. The van der Waals surface area contributed by atoms with E-state index in [1.54, 1.807) is 12.1 Å². The van der Waals surface area contributed by atoms with Gasteiger partial charge in [-0.3, -0.25) is 0 Å². The van der Waals surface area contributed by atoms with Crippen LogP contribution in [0.2, 0.25) is 0 Å². The van der Waals surface area contributed by atoms with Crippen molar-refractivity contribution < 1.29 is 15.0 Å². The van der Waals surface area contributed by atoms with Crippen molar-refractivity contribution in [2.24, 2.45) is 5.92 Å². The number of carbonyl (C=O) groups is 1. The van der Waals surface area contributed by atoms with Gasteiger partial charge in [0.1, 0.15) is 5.75 Å². The zero-order valence-corrected chi connectivity index (χ0v) is 13.0. The summed E-state index contributed by atoms with van der Waals surface area (Å²) >= 11 is 0. The van der Waals surface area contributed by atoms with E-state index in [9.17, 15) is 15.0 Å². The number of rotatable bonds is 7. The quantitative estimate of drug-likeness (QED) is 0.621. The molecular formula is C16H26N2O3. The van der Waals surface area contributed by atoms with E-state index in [1.165, 1.54) is 0 Å². The van der Waals surface area contributed by atoms with E-state index in [-0.39, 0.29) is 24.4 Å². The fourth-order valence-electron chi connectivity index (χ4n) is 2.15. The van der Waals surface area contributed by atoms with Gasteiger partial charge in [0, 0.05) is 12.6 Å². The highest BCUT2D eigenvalue weighted by Gasteiger charge is 2.11. The van der Waals surface area contributed by atoms with E-state index in [0.29, 0.717) is 18.8 Å². The minimum absolute atomic E-state index is 0.0308. The molecule has 0 bridgehead atoms. The second kappa shape index (κ2) is 8.52. The fourth-order valence-corrected chi connectivity index (χ4v) is 2.15. The summed E-state index contributed by atoms with van der Waals surface area (Å²) in [7, 11) is 0. The largest absolute Gasteiger partial charge is 0.508 e. The Morgan fingerprint density at radius 1 is 1.19 bits per heavy atom. The minimum Gasteiger partial charge on any atom is -0.508 e. The summed E-state index contributed by atoms with van der Waals surface area (Å²) in [5, 5.41) is 24.4. The third-order valence-electron chi connectivity index (χ3n) is 3.10. The number of amides is 2. The average Bonchev–Trinajstić information content (AvgIpc) is 2.38. The number of carbonyl (C=O) groups excluding carboxylic acids is 1. The maximum Gasteiger partial charge on any atom is 0.315 e.